The summed E-state index contributed by atoms with van der Waals surface area (Å²) in [5.41, 5.74) is -1.52. The van der Waals surface area contributed by atoms with Crippen molar-refractivity contribution >= 4 is 24.1 Å². The summed E-state index contributed by atoms with van der Waals surface area (Å²) >= 11 is 0. The molecule has 3 atom stereocenters. The van der Waals surface area contributed by atoms with Gasteiger partial charge < -0.3 is 30.3 Å². The van der Waals surface area contributed by atoms with Crippen LogP contribution in [0, 0.1) is 0 Å². The molecule has 1 saturated heterocycles. The molecular weight excluding hydrogens is 386 g/mol. The number of likely N-dealkylation sites (tertiary alicyclic amines) is 1. The van der Waals surface area contributed by atoms with Gasteiger partial charge in [0, 0.05) is 19.0 Å². The lowest BCUT2D eigenvalue weighted by Gasteiger charge is -2.26. The van der Waals surface area contributed by atoms with Crippen LogP contribution >= 0.6 is 0 Å². The van der Waals surface area contributed by atoms with Crippen LogP contribution in [-0.2, 0) is 19.1 Å². The van der Waals surface area contributed by atoms with Crippen molar-refractivity contribution < 1.29 is 38.9 Å². The number of aliphatic hydroxyl groups is 1. The molecule has 29 heavy (non-hydrogen) atoms. The smallest absolute Gasteiger partial charge is 0.411 e. The molecule has 0 unspecified atom stereocenters. The Labute approximate surface area is 169 Å². The molecule has 0 radical (unpaired) electrons. The predicted molar refractivity (Wildman–Crippen MR) is 101 cm³/mol. The van der Waals surface area contributed by atoms with Crippen LogP contribution < -0.4 is 10.6 Å². The maximum absolute atomic E-state index is 12.2. The minimum atomic E-state index is -1.57. The highest BCUT2D eigenvalue weighted by Gasteiger charge is 2.42. The zero-order chi connectivity index (χ0) is 22.6. The van der Waals surface area contributed by atoms with Gasteiger partial charge in [0.05, 0.1) is 6.54 Å². The summed E-state index contributed by atoms with van der Waals surface area (Å²) in [7, 11) is 0. The van der Waals surface area contributed by atoms with Gasteiger partial charge in [-0.25, -0.2) is 14.4 Å². The second-order valence-electron chi connectivity index (χ2n) is 8.83. The summed E-state index contributed by atoms with van der Waals surface area (Å²) in [5.74, 6) is -2.03. The van der Waals surface area contributed by atoms with Gasteiger partial charge in [-0.05, 0) is 41.5 Å². The number of hydrogen-bond donors (Lipinski definition) is 4. The fraction of sp³-hybridized carbons (Fsp3) is 0.778. The highest BCUT2D eigenvalue weighted by atomic mass is 16.6. The van der Waals surface area contributed by atoms with Crippen LogP contribution in [0.3, 0.4) is 0 Å². The Kier molecular flexibility index (Phi) is 7.84. The van der Waals surface area contributed by atoms with Crippen LogP contribution in [0.2, 0.25) is 0 Å². The van der Waals surface area contributed by atoms with Crippen LogP contribution in [0.4, 0.5) is 9.59 Å². The standard InChI is InChI=1S/C18H31N3O8/c1-17(2,3)28-15(26)19-8-12(22)13(23)20-10-7-11(14(24)25)21(9-10)16(27)29-18(4,5)6/h10-12,22H,7-9H2,1-6H3,(H,19,26)(H,20,23)(H,24,25)/t10-,11+,12+/m1/s1. The highest BCUT2D eigenvalue weighted by Crippen LogP contribution is 2.21. The molecule has 11 heteroatoms. The maximum Gasteiger partial charge on any atom is 0.411 e. The van der Waals surface area contributed by atoms with Gasteiger partial charge in [0.25, 0.3) is 5.91 Å². The second kappa shape index (κ2) is 9.29. The van der Waals surface area contributed by atoms with E-state index in [-0.39, 0.29) is 19.5 Å². The Morgan fingerprint density at radius 1 is 1.07 bits per heavy atom. The van der Waals surface area contributed by atoms with Gasteiger partial charge in [-0.15, -0.1) is 0 Å². The molecule has 166 valence electrons. The van der Waals surface area contributed by atoms with Crippen LogP contribution in [0.1, 0.15) is 48.0 Å². The SMILES string of the molecule is CC(C)(C)OC(=O)NC[C@H](O)C(=O)N[C@@H]1C[C@@H](C(=O)O)N(C(=O)OC(C)(C)C)C1. The van der Waals surface area contributed by atoms with Gasteiger partial charge in [-0.1, -0.05) is 0 Å². The van der Waals surface area contributed by atoms with Crippen molar-refractivity contribution in [3.05, 3.63) is 0 Å². The fourth-order valence-corrected chi connectivity index (χ4v) is 2.58. The second-order valence-corrected chi connectivity index (χ2v) is 8.83. The Morgan fingerprint density at radius 3 is 2.10 bits per heavy atom. The van der Waals surface area contributed by atoms with E-state index in [0.717, 1.165) is 4.90 Å². The van der Waals surface area contributed by atoms with Crippen LogP contribution in [-0.4, -0.2) is 81.7 Å². The third kappa shape index (κ3) is 8.55. The summed E-state index contributed by atoms with van der Waals surface area (Å²) in [6, 6.07) is -1.85. The molecule has 0 aromatic heterocycles. The Hall–Kier alpha value is -2.56. The van der Waals surface area contributed by atoms with Gasteiger partial charge >= 0.3 is 18.2 Å². The normalized spacial score (nSPS) is 20.6. The molecule has 0 aliphatic carbocycles. The Bertz CT molecular complexity index is 638. The summed E-state index contributed by atoms with van der Waals surface area (Å²) in [5, 5.41) is 24.0. The first-order chi connectivity index (χ1) is 13.1. The lowest BCUT2D eigenvalue weighted by molar-refractivity contribution is -0.142. The van der Waals surface area contributed by atoms with E-state index < -0.39 is 53.5 Å². The molecule has 1 aliphatic heterocycles. The number of carbonyl (C=O) groups excluding carboxylic acids is 3. The molecule has 0 bridgehead atoms. The number of nitrogens with one attached hydrogen (secondary N) is 2. The molecule has 0 spiro atoms. The number of aliphatic carboxylic acids is 1. The number of carboxylic acid groups (broad SMARTS) is 1. The van der Waals surface area contributed by atoms with Crippen LogP contribution in [0.25, 0.3) is 0 Å². The number of hydrogen-bond acceptors (Lipinski definition) is 7. The molecule has 1 aliphatic rings. The molecule has 1 rings (SSSR count). The van der Waals surface area contributed by atoms with E-state index in [9.17, 15) is 29.4 Å². The van der Waals surface area contributed by atoms with Crippen molar-refractivity contribution in [1.29, 1.82) is 0 Å². The number of carboxylic acids is 1. The summed E-state index contributed by atoms with van der Waals surface area (Å²) in [4.78, 5) is 48.5. The number of ether oxygens (including phenoxy) is 2. The molecule has 0 aromatic carbocycles. The van der Waals surface area contributed by atoms with E-state index in [1.165, 1.54) is 0 Å². The highest BCUT2D eigenvalue weighted by molar-refractivity contribution is 5.84. The molecule has 1 fully saturated rings. The Morgan fingerprint density at radius 2 is 1.62 bits per heavy atom. The van der Waals surface area contributed by atoms with E-state index in [1.807, 2.05) is 0 Å². The largest absolute Gasteiger partial charge is 0.480 e. The van der Waals surface area contributed by atoms with Gasteiger partial charge in [0.15, 0.2) is 0 Å². The summed E-state index contributed by atoms with van der Waals surface area (Å²) < 4.78 is 10.2. The number of amides is 3. The molecule has 1 heterocycles. The lowest BCUT2D eigenvalue weighted by atomic mass is 10.1. The summed E-state index contributed by atoms with van der Waals surface area (Å²) in [6.45, 7) is 9.52. The minimum Gasteiger partial charge on any atom is -0.480 e. The number of rotatable bonds is 5. The quantitative estimate of drug-likeness (QED) is 0.503. The van der Waals surface area contributed by atoms with E-state index in [2.05, 4.69) is 10.6 Å². The number of nitrogens with zero attached hydrogens (tertiary/aromatic N) is 1. The van der Waals surface area contributed by atoms with Gasteiger partial charge in [-0.2, -0.15) is 0 Å². The maximum atomic E-state index is 12.2. The average molecular weight is 417 g/mol. The number of carbonyl (C=O) groups is 4. The molecule has 11 nitrogen and oxygen atoms in total. The molecular formula is C18H31N3O8. The number of aliphatic hydroxyl groups excluding tert-OH is 1. The van der Waals surface area contributed by atoms with Crippen molar-refractivity contribution in [1.82, 2.24) is 15.5 Å². The molecule has 0 saturated carbocycles. The first-order valence-electron chi connectivity index (χ1n) is 9.27. The van der Waals surface area contributed by atoms with Gasteiger partial charge in [0.2, 0.25) is 0 Å². The third-order valence-electron chi connectivity index (χ3n) is 3.70. The van der Waals surface area contributed by atoms with Crippen LogP contribution in [0.5, 0.6) is 0 Å². The van der Waals surface area contributed by atoms with E-state index in [1.54, 1.807) is 41.5 Å². The Balaban J connectivity index is 2.61. The van der Waals surface area contributed by atoms with Gasteiger partial charge in [0.1, 0.15) is 23.3 Å². The monoisotopic (exact) mass is 417 g/mol. The van der Waals surface area contributed by atoms with Crippen molar-refractivity contribution in [2.45, 2.75) is 77.4 Å². The zero-order valence-electron chi connectivity index (χ0n) is 17.6. The topological polar surface area (TPSA) is 154 Å². The first kappa shape index (κ1) is 24.5. The minimum absolute atomic E-state index is 0.0352. The number of alkyl carbamates (subject to hydrolysis) is 1. The third-order valence-corrected chi connectivity index (χ3v) is 3.70. The van der Waals surface area contributed by atoms with E-state index in [4.69, 9.17) is 9.47 Å². The molecule has 0 aromatic rings. The van der Waals surface area contributed by atoms with Crippen molar-refractivity contribution in [3.8, 4) is 0 Å². The van der Waals surface area contributed by atoms with E-state index in [0.29, 0.717) is 0 Å². The lowest BCUT2D eigenvalue weighted by Crippen LogP contribution is -2.48. The van der Waals surface area contributed by atoms with Crippen LogP contribution in [0.15, 0.2) is 0 Å². The molecule has 4 N–H and O–H groups in total. The zero-order valence-corrected chi connectivity index (χ0v) is 17.6. The van der Waals surface area contributed by atoms with Gasteiger partial charge in [-0.3, -0.25) is 9.69 Å². The first-order valence-corrected chi connectivity index (χ1v) is 9.27. The van der Waals surface area contributed by atoms with E-state index >= 15 is 0 Å². The fourth-order valence-electron chi connectivity index (χ4n) is 2.58. The predicted octanol–water partition coefficient (Wildman–Crippen LogP) is 0.451. The summed E-state index contributed by atoms with van der Waals surface area (Å²) in [6.07, 6.45) is -3.19. The van der Waals surface area contributed by atoms with Crippen molar-refractivity contribution in [2.24, 2.45) is 0 Å². The molecule has 3 amide bonds. The van der Waals surface area contributed by atoms with Crippen molar-refractivity contribution in [2.75, 3.05) is 13.1 Å². The van der Waals surface area contributed by atoms with Crippen molar-refractivity contribution in [3.63, 3.8) is 0 Å². The average Bonchev–Trinajstić information content (AvgIpc) is 2.93.